The van der Waals surface area contributed by atoms with Gasteiger partial charge in [0, 0.05) is 18.7 Å². The zero-order chi connectivity index (χ0) is 24.6. The van der Waals surface area contributed by atoms with Gasteiger partial charge in [-0.1, -0.05) is 59.8 Å². The molecule has 5 nitrogen and oxygen atoms in total. The van der Waals surface area contributed by atoms with Crippen molar-refractivity contribution in [1.29, 1.82) is 0 Å². The number of aromatic nitrogens is 1. The molecule has 4 aromatic rings. The second-order valence-corrected chi connectivity index (χ2v) is 8.45. The Kier molecular flexibility index (Phi) is 5.80. The molecule has 0 aliphatic carbocycles. The summed E-state index contributed by atoms with van der Waals surface area (Å²) in [6, 6.07) is 20.5. The molecule has 0 atom stereocenters. The number of hydrogen-bond donors (Lipinski definition) is 1. The van der Waals surface area contributed by atoms with Gasteiger partial charge in [0.05, 0.1) is 16.9 Å². The van der Waals surface area contributed by atoms with Crippen LogP contribution in [-0.2, 0) is 19.1 Å². The third-order valence-electron chi connectivity index (χ3n) is 6.18. The van der Waals surface area contributed by atoms with E-state index in [0.717, 1.165) is 24.1 Å². The van der Waals surface area contributed by atoms with Gasteiger partial charge >= 0.3 is 6.18 Å². The average Bonchev–Trinajstić information content (AvgIpc) is 3.25. The third-order valence-corrected chi connectivity index (χ3v) is 6.18. The van der Waals surface area contributed by atoms with E-state index in [9.17, 15) is 18.0 Å². The number of hydrogen-bond acceptors (Lipinski definition) is 4. The third kappa shape index (κ3) is 4.51. The molecule has 0 radical (unpaired) electrons. The Morgan fingerprint density at radius 3 is 2.46 bits per heavy atom. The fourth-order valence-electron chi connectivity index (χ4n) is 4.41. The quantitative estimate of drug-likeness (QED) is 0.365. The van der Waals surface area contributed by atoms with Crippen LogP contribution in [0, 0.1) is 6.92 Å². The number of nitrogens with one attached hydrogen (secondary N) is 1. The van der Waals surface area contributed by atoms with Crippen LogP contribution >= 0.6 is 0 Å². The number of carbonyl (C=O) groups is 1. The van der Waals surface area contributed by atoms with Crippen molar-refractivity contribution in [3.05, 3.63) is 101 Å². The first-order chi connectivity index (χ1) is 16.8. The van der Waals surface area contributed by atoms with E-state index >= 15 is 0 Å². The monoisotopic (exact) mass is 477 g/mol. The van der Waals surface area contributed by atoms with Gasteiger partial charge in [0.25, 0.3) is 5.91 Å². The second-order valence-electron chi connectivity index (χ2n) is 8.45. The lowest BCUT2D eigenvalue weighted by atomic mass is 9.99. The van der Waals surface area contributed by atoms with Gasteiger partial charge in [-0.05, 0) is 42.7 Å². The van der Waals surface area contributed by atoms with Crippen LogP contribution in [0.5, 0.6) is 0 Å². The molecule has 1 aliphatic heterocycles. The number of alkyl halides is 3. The summed E-state index contributed by atoms with van der Waals surface area (Å²) >= 11 is 0. The van der Waals surface area contributed by atoms with Crippen LogP contribution in [0.1, 0.15) is 32.8 Å². The fourth-order valence-corrected chi connectivity index (χ4v) is 4.41. The van der Waals surface area contributed by atoms with E-state index in [-0.39, 0.29) is 17.0 Å². The molecular weight excluding hydrogens is 455 g/mol. The van der Waals surface area contributed by atoms with Crippen molar-refractivity contribution in [1.82, 2.24) is 5.16 Å². The molecule has 35 heavy (non-hydrogen) atoms. The molecule has 1 N–H and O–H groups in total. The van der Waals surface area contributed by atoms with Crippen LogP contribution in [-0.4, -0.2) is 17.6 Å². The highest BCUT2D eigenvalue weighted by Gasteiger charge is 2.32. The number of anilines is 2. The number of nitrogens with zero attached hydrogens (tertiary/aromatic N) is 2. The van der Waals surface area contributed by atoms with Crippen molar-refractivity contribution in [3.63, 3.8) is 0 Å². The van der Waals surface area contributed by atoms with Crippen LogP contribution in [0.2, 0.25) is 0 Å². The van der Waals surface area contributed by atoms with E-state index in [1.54, 1.807) is 31.2 Å². The highest BCUT2D eigenvalue weighted by atomic mass is 19.4. The van der Waals surface area contributed by atoms with E-state index < -0.39 is 17.6 Å². The van der Waals surface area contributed by atoms with E-state index in [0.29, 0.717) is 30.0 Å². The van der Waals surface area contributed by atoms with Gasteiger partial charge in [0.2, 0.25) is 0 Å². The van der Waals surface area contributed by atoms with Gasteiger partial charge < -0.3 is 14.7 Å². The molecule has 0 saturated heterocycles. The first-order valence-corrected chi connectivity index (χ1v) is 11.2. The smallest absolute Gasteiger partial charge is 0.365 e. The van der Waals surface area contributed by atoms with Crippen LogP contribution in [0.25, 0.3) is 11.3 Å². The molecule has 1 aromatic heterocycles. The predicted molar refractivity (Wildman–Crippen MR) is 127 cm³/mol. The number of carbonyl (C=O) groups excluding carboxylic acids is 1. The number of aryl methyl sites for hydroxylation is 1. The Morgan fingerprint density at radius 2 is 1.71 bits per heavy atom. The molecule has 5 rings (SSSR count). The van der Waals surface area contributed by atoms with Crippen molar-refractivity contribution in [2.45, 2.75) is 26.1 Å². The standard InChI is InChI=1S/C27H22F3N3O2/c1-17-24(25(32-35-17)19-8-3-2-4-9-19)26(34)31-22-15-21(27(28,29)30)11-12-23(22)33-14-13-18-7-5-6-10-20(18)16-33/h2-12,15H,13-14,16H2,1H3,(H,31,34). The Balaban J connectivity index is 1.52. The molecule has 8 heteroatoms. The summed E-state index contributed by atoms with van der Waals surface area (Å²) in [4.78, 5) is 15.4. The first kappa shape index (κ1) is 22.7. The lowest BCUT2D eigenvalue weighted by molar-refractivity contribution is -0.137. The summed E-state index contributed by atoms with van der Waals surface area (Å²) in [5.74, 6) is -0.303. The SMILES string of the molecule is Cc1onc(-c2ccccc2)c1C(=O)Nc1cc(C(F)(F)F)ccc1N1CCc2ccccc2C1. The summed E-state index contributed by atoms with van der Waals surface area (Å²) in [5, 5.41) is 6.73. The Labute approximate surface area is 200 Å². The Bertz CT molecular complexity index is 1380. The molecule has 1 aliphatic rings. The number of benzene rings is 3. The number of amides is 1. The molecule has 0 spiro atoms. The van der Waals surface area contributed by atoms with Gasteiger partial charge in [0.15, 0.2) is 0 Å². The Hall–Kier alpha value is -4.07. The van der Waals surface area contributed by atoms with Gasteiger partial charge in [-0.25, -0.2) is 0 Å². The molecule has 0 unspecified atom stereocenters. The van der Waals surface area contributed by atoms with Crippen LogP contribution in [0.4, 0.5) is 24.5 Å². The molecule has 0 saturated carbocycles. The number of rotatable bonds is 4. The van der Waals surface area contributed by atoms with Crippen molar-refractivity contribution in [3.8, 4) is 11.3 Å². The van der Waals surface area contributed by atoms with E-state index in [1.807, 2.05) is 29.2 Å². The minimum absolute atomic E-state index is 0.0869. The summed E-state index contributed by atoms with van der Waals surface area (Å²) < 4.78 is 45.9. The summed E-state index contributed by atoms with van der Waals surface area (Å²) in [6.45, 7) is 2.75. The Morgan fingerprint density at radius 1 is 1.00 bits per heavy atom. The normalized spacial score (nSPS) is 13.4. The summed E-state index contributed by atoms with van der Waals surface area (Å²) in [7, 11) is 0. The van der Waals surface area contributed by atoms with Crippen LogP contribution in [0.3, 0.4) is 0 Å². The van der Waals surface area contributed by atoms with Crippen molar-refractivity contribution in [2.24, 2.45) is 0 Å². The molecule has 178 valence electrons. The van der Waals surface area contributed by atoms with Gasteiger partial charge in [0.1, 0.15) is 17.0 Å². The topological polar surface area (TPSA) is 58.4 Å². The minimum atomic E-state index is -4.55. The van der Waals surface area contributed by atoms with E-state index in [4.69, 9.17) is 4.52 Å². The highest BCUT2D eigenvalue weighted by Crippen LogP contribution is 2.38. The molecule has 1 amide bonds. The second kappa shape index (κ2) is 8.94. The first-order valence-electron chi connectivity index (χ1n) is 11.2. The number of halogens is 3. The van der Waals surface area contributed by atoms with E-state index in [1.165, 1.54) is 11.6 Å². The van der Waals surface area contributed by atoms with Crippen molar-refractivity contribution < 1.29 is 22.5 Å². The van der Waals surface area contributed by atoms with Crippen molar-refractivity contribution >= 4 is 17.3 Å². The van der Waals surface area contributed by atoms with Crippen LogP contribution < -0.4 is 10.2 Å². The molecule has 3 aromatic carbocycles. The number of fused-ring (bicyclic) bond motifs is 1. The molecule has 0 fully saturated rings. The predicted octanol–water partition coefficient (Wildman–Crippen LogP) is 6.48. The lowest BCUT2D eigenvalue weighted by Crippen LogP contribution is -2.31. The van der Waals surface area contributed by atoms with Gasteiger partial charge in [-0.3, -0.25) is 4.79 Å². The lowest BCUT2D eigenvalue weighted by Gasteiger charge is -2.32. The summed E-state index contributed by atoms with van der Waals surface area (Å²) in [6.07, 6.45) is -3.79. The zero-order valence-corrected chi connectivity index (χ0v) is 18.9. The maximum absolute atomic E-state index is 13.5. The largest absolute Gasteiger partial charge is 0.416 e. The molecule has 2 heterocycles. The van der Waals surface area contributed by atoms with Gasteiger partial charge in [-0.15, -0.1) is 0 Å². The molecule has 0 bridgehead atoms. The average molecular weight is 477 g/mol. The fraction of sp³-hybridized carbons (Fsp3) is 0.185. The zero-order valence-electron chi connectivity index (χ0n) is 18.9. The van der Waals surface area contributed by atoms with Crippen LogP contribution in [0.15, 0.2) is 77.3 Å². The maximum Gasteiger partial charge on any atom is 0.416 e. The van der Waals surface area contributed by atoms with Crippen molar-refractivity contribution in [2.75, 3.05) is 16.8 Å². The van der Waals surface area contributed by atoms with Gasteiger partial charge in [-0.2, -0.15) is 13.2 Å². The van der Waals surface area contributed by atoms with E-state index in [2.05, 4.69) is 16.5 Å². The molecular formula is C27H22F3N3O2. The maximum atomic E-state index is 13.5. The highest BCUT2D eigenvalue weighted by molar-refractivity contribution is 6.10. The minimum Gasteiger partial charge on any atom is -0.365 e. The summed E-state index contributed by atoms with van der Waals surface area (Å²) in [5.41, 5.74) is 3.29.